The van der Waals surface area contributed by atoms with Crippen molar-refractivity contribution >= 4 is 74.0 Å². The number of thioether (sulfide) groups is 1. The third-order valence-electron chi connectivity index (χ3n) is 10.8. The molecule has 0 aliphatic carbocycles. The molecule has 4 heterocycles. The second-order valence-corrected chi connectivity index (χ2v) is 16.3. The molecule has 0 spiro atoms. The first-order valence-corrected chi connectivity index (χ1v) is 21.0. The number of anilines is 1. The summed E-state index contributed by atoms with van der Waals surface area (Å²) in [5.41, 5.74) is 8.59. The maximum Gasteiger partial charge on any atom is 0.352 e. The van der Waals surface area contributed by atoms with Crippen molar-refractivity contribution in [2.45, 2.75) is 23.4 Å². The summed E-state index contributed by atoms with van der Waals surface area (Å²) in [7, 11) is 0. The first-order chi connectivity index (χ1) is 29.2. The van der Waals surface area contributed by atoms with E-state index in [1.807, 2.05) is 133 Å². The van der Waals surface area contributed by atoms with Crippen LogP contribution in [0, 0.1) is 0 Å². The molecule has 2 fully saturated rings. The molecule has 6 aromatic rings. The summed E-state index contributed by atoms with van der Waals surface area (Å²) < 4.78 is 0. The van der Waals surface area contributed by atoms with Crippen molar-refractivity contribution in [2.75, 3.05) is 18.0 Å². The Morgan fingerprint density at radius 2 is 1.48 bits per heavy atom. The number of nitrogens with one attached hydrogen (secondary N) is 2. The fraction of sp³-hybridized carbons (Fsp3) is 0.130. The van der Waals surface area contributed by atoms with Gasteiger partial charge in [-0.2, -0.15) is 0 Å². The van der Waals surface area contributed by atoms with Gasteiger partial charge in [-0.1, -0.05) is 133 Å². The molecule has 12 nitrogen and oxygen atoms in total. The number of nitrogens with two attached hydrogens (primary N) is 1. The molecule has 14 heteroatoms. The molecule has 2 saturated heterocycles. The van der Waals surface area contributed by atoms with E-state index in [4.69, 9.17) is 10.6 Å². The number of allylic oxidation sites excluding steroid dienone is 1. The van der Waals surface area contributed by atoms with E-state index in [1.54, 1.807) is 5.38 Å². The van der Waals surface area contributed by atoms with Gasteiger partial charge in [0.05, 0.1) is 0 Å². The maximum absolute atomic E-state index is 14.4. The van der Waals surface area contributed by atoms with Crippen LogP contribution in [0.5, 0.6) is 0 Å². The SMILES string of the molecule is Nc1nc(C(=NOC(c2ccccc2)(c2ccccc2)c2ccccc2)C(=O)N[C@@H]2C(=O)N3C(C(=O)O)=C(C(=C4CCNC4=O)c4ccc5ccccc5c4)CS[C@H]23)cs1. The number of β-lactam (4-membered cyclic amide) rings is 1. The zero-order valence-electron chi connectivity index (χ0n) is 31.8. The molecular weight excluding hydrogens is 797 g/mol. The molecule has 3 aliphatic heterocycles. The lowest BCUT2D eigenvalue weighted by Gasteiger charge is -2.49. The van der Waals surface area contributed by atoms with Crippen LogP contribution in [0.2, 0.25) is 0 Å². The van der Waals surface area contributed by atoms with E-state index in [2.05, 4.69) is 20.8 Å². The van der Waals surface area contributed by atoms with Crippen LogP contribution in [0.4, 0.5) is 5.13 Å². The number of aromatic nitrogens is 1. The molecule has 0 unspecified atom stereocenters. The van der Waals surface area contributed by atoms with E-state index in [0.717, 1.165) is 38.8 Å². The number of benzene rings is 5. The monoisotopic (exact) mass is 832 g/mol. The molecule has 5 aromatic carbocycles. The molecule has 60 heavy (non-hydrogen) atoms. The van der Waals surface area contributed by atoms with Gasteiger partial charge in [0.25, 0.3) is 11.8 Å². The minimum absolute atomic E-state index is 0.132. The number of amides is 3. The van der Waals surface area contributed by atoms with Gasteiger partial charge in [-0.05, 0) is 34.4 Å². The summed E-state index contributed by atoms with van der Waals surface area (Å²) in [5, 5.41) is 23.9. The Balaban J connectivity index is 1.08. The Kier molecular flexibility index (Phi) is 10.2. The number of oxime groups is 1. The zero-order valence-corrected chi connectivity index (χ0v) is 33.4. The highest BCUT2D eigenvalue weighted by Gasteiger charge is 2.55. The van der Waals surface area contributed by atoms with Crippen molar-refractivity contribution < 1.29 is 29.1 Å². The van der Waals surface area contributed by atoms with E-state index >= 15 is 0 Å². The van der Waals surface area contributed by atoms with Gasteiger partial charge >= 0.3 is 5.97 Å². The molecule has 5 N–H and O–H groups in total. The molecule has 0 saturated carbocycles. The Bertz CT molecular complexity index is 2670. The second-order valence-electron chi connectivity index (χ2n) is 14.3. The van der Waals surface area contributed by atoms with E-state index < -0.39 is 34.8 Å². The van der Waals surface area contributed by atoms with Crippen LogP contribution in [0.3, 0.4) is 0 Å². The van der Waals surface area contributed by atoms with Crippen molar-refractivity contribution in [3.63, 3.8) is 0 Å². The number of nitrogens with zero attached hydrogens (tertiary/aromatic N) is 3. The number of carbonyl (C=O) groups is 4. The summed E-state index contributed by atoms with van der Waals surface area (Å²) >= 11 is 2.41. The van der Waals surface area contributed by atoms with Gasteiger partial charge in [0.15, 0.2) is 10.8 Å². The summed E-state index contributed by atoms with van der Waals surface area (Å²) in [6.07, 6.45) is 0.392. The van der Waals surface area contributed by atoms with Crippen LogP contribution < -0.4 is 16.4 Å². The van der Waals surface area contributed by atoms with Crippen molar-refractivity contribution in [3.8, 4) is 0 Å². The normalized spacial score (nSPS) is 18.7. The highest BCUT2D eigenvalue weighted by molar-refractivity contribution is 8.00. The van der Waals surface area contributed by atoms with Crippen LogP contribution in [-0.2, 0) is 29.6 Å². The number of carboxylic acid groups (broad SMARTS) is 1. The lowest BCUT2D eigenvalue weighted by atomic mass is 9.80. The van der Waals surface area contributed by atoms with Gasteiger partial charge < -0.3 is 26.3 Å². The predicted octanol–water partition coefficient (Wildman–Crippen LogP) is 6.30. The number of thiazole rings is 1. The number of fused-ring (bicyclic) bond motifs is 2. The number of hydrogen-bond donors (Lipinski definition) is 4. The summed E-state index contributed by atoms with van der Waals surface area (Å²) in [5.74, 6) is -2.84. The first-order valence-electron chi connectivity index (χ1n) is 19.1. The summed E-state index contributed by atoms with van der Waals surface area (Å²) in [6.45, 7) is 0.412. The largest absolute Gasteiger partial charge is 0.477 e. The lowest BCUT2D eigenvalue weighted by molar-refractivity contribution is -0.150. The molecule has 0 radical (unpaired) electrons. The number of hydrogen-bond acceptors (Lipinski definition) is 10. The highest BCUT2D eigenvalue weighted by atomic mass is 32.2. The van der Waals surface area contributed by atoms with Gasteiger partial charge in [0, 0.05) is 45.5 Å². The highest BCUT2D eigenvalue weighted by Crippen LogP contribution is 2.46. The molecule has 9 rings (SSSR count). The van der Waals surface area contributed by atoms with Crippen molar-refractivity contribution in [1.29, 1.82) is 0 Å². The lowest BCUT2D eigenvalue weighted by Crippen LogP contribution is -2.71. The van der Waals surface area contributed by atoms with Gasteiger partial charge in [0.1, 0.15) is 22.8 Å². The van der Waals surface area contributed by atoms with Crippen molar-refractivity contribution in [2.24, 2.45) is 5.16 Å². The molecule has 3 aliphatic rings. The van der Waals surface area contributed by atoms with Gasteiger partial charge in [-0.3, -0.25) is 19.3 Å². The van der Waals surface area contributed by atoms with E-state index in [1.165, 1.54) is 16.7 Å². The number of aliphatic carboxylic acids is 1. The van der Waals surface area contributed by atoms with Crippen LogP contribution in [0.1, 0.15) is 34.4 Å². The number of carbonyl (C=O) groups excluding carboxylic acids is 3. The summed E-state index contributed by atoms with van der Waals surface area (Å²) in [4.78, 5) is 67.2. The Morgan fingerprint density at radius 3 is 2.05 bits per heavy atom. The third kappa shape index (κ3) is 6.78. The molecule has 2 atom stereocenters. The molecule has 3 amide bonds. The van der Waals surface area contributed by atoms with Gasteiger partial charge in [0.2, 0.25) is 11.5 Å². The van der Waals surface area contributed by atoms with Crippen LogP contribution in [0.15, 0.2) is 161 Å². The molecule has 0 bridgehead atoms. The molecule has 298 valence electrons. The Morgan fingerprint density at radius 1 is 0.867 bits per heavy atom. The molecular formula is C46H36N6O6S2. The minimum Gasteiger partial charge on any atom is -0.477 e. The van der Waals surface area contributed by atoms with Crippen LogP contribution >= 0.6 is 23.1 Å². The zero-order chi connectivity index (χ0) is 41.4. The predicted molar refractivity (Wildman–Crippen MR) is 232 cm³/mol. The maximum atomic E-state index is 14.4. The standard InChI is InChI=1S/C46H36N6O6S2/c47-45-49-35(26-60-45)37(51-58-46(30-14-4-1-5-15-30,31-16-6-2-7-17-31)32-18-8-3-9-19-32)41(54)50-38-42(55)52-39(44(56)57)34(25-59-43(38)52)36(33-22-23-48-40(33)53)29-21-20-27-12-10-11-13-28(27)24-29/h1-21,24,26,38,43H,22-23,25H2,(H2,47,49)(H,48,53)(H,50,54)(H,56,57)/t38-,43-/m1/s1. The van der Waals surface area contributed by atoms with Gasteiger partial charge in [-0.25, -0.2) is 9.78 Å². The number of carboxylic acids is 1. The fourth-order valence-electron chi connectivity index (χ4n) is 8.05. The molecule has 1 aromatic heterocycles. The average molecular weight is 833 g/mol. The smallest absolute Gasteiger partial charge is 0.352 e. The van der Waals surface area contributed by atoms with Crippen molar-refractivity contribution in [1.82, 2.24) is 20.5 Å². The number of rotatable bonds is 11. The van der Waals surface area contributed by atoms with Crippen molar-refractivity contribution in [3.05, 3.63) is 184 Å². The Hall–Kier alpha value is -7.03. The third-order valence-corrected chi connectivity index (χ3v) is 12.8. The average Bonchev–Trinajstić information content (AvgIpc) is 3.92. The minimum atomic E-state index is -1.33. The van der Waals surface area contributed by atoms with Gasteiger partial charge in [-0.15, -0.1) is 23.1 Å². The fourth-order valence-corrected chi connectivity index (χ4v) is 9.95. The topological polar surface area (TPSA) is 176 Å². The quantitative estimate of drug-likeness (QED) is 0.0384. The van der Waals surface area contributed by atoms with E-state index in [9.17, 15) is 24.3 Å². The van der Waals surface area contributed by atoms with E-state index in [0.29, 0.717) is 35.2 Å². The second kappa shape index (κ2) is 16.0. The van der Waals surface area contributed by atoms with E-state index in [-0.39, 0.29) is 33.9 Å². The van der Waals surface area contributed by atoms with Crippen LogP contribution in [-0.4, -0.2) is 68.1 Å². The summed E-state index contributed by atoms with van der Waals surface area (Å²) in [6, 6.07) is 40.9. The number of nitrogen functional groups attached to an aromatic ring is 1. The first kappa shape index (κ1) is 38.5. The van der Waals surface area contributed by atoms with Crippen LogP contribution in [0.25, 0.3) is 16.3 Å². The Labute approximate surface area is 352 Å².